The Morgan fingerprint density at radius 2 is 2.15 bits per heavy atom. The summed E-state index contributed by atoms with van der Waals surface area (Å²) >= 11 is 0. The van der Waals surface area contributed by atoms with E-state index in [-0.39, 0.29) is 24.0 Å². The molecule has 0 saturated carbocycles. The molecule has 3 atom stereocenters. The quantitative estimate of drug-likeness (QED) is 0.746. The molecule has 0 spiro atoms. The third kappa shape index (κ3) is 3.74. The SMILES string of the molecule is CCC[C@@H]1C[C@@H]2CCC[C@@H](CCCC(C)=O)N2C(=O)O1. The van der Waals surface area contributed by atoms with Gasteiger partial charge in [-0.2, -0.15) is 0 Å². The minimum Gasteiger partial charge on any atom is -0.446 e. The molecule has 2 saturated heterocycles. The Morgan fingerprint density at radius 3 is 2.85 bits per heavy atom. The number of carbonyl (C=O) groups is 2. The van der Waals surface area contributed by atoms with Crippen LogP contribution in [0.3, 0.4) is 0 Å². The van der Waals surface area contributed by atoms with E-state index in [1.807, 2.05) is 4.90 Å². The van der Waals surface area contributed by atoms with E-state index in [1.54, 1.807) is 6.92 Å². The lowest BCUT2D eigenvalue weighted by Gasteiger charge is -2.46. The van der Waals surface area contributed by atoms with Gasteiger partial charge in [0.25, 0.3) is 0 Å². The molecule has 114 valence electrons. The zero-order valence-electron chi connectivity index (χ0n) is 12.8. The van der Waals surface area contributed by atoms with E-state index in [9.17, 15) is 9.59 Å². The summed E-state index contributed by atoms with van der Waals surface area (Å²) < 4.78 is 5.57. The number of fused-ring (bicyclic) bond motifs is 1. The topological polar surface area (TPSA) is 46.6 Å². The lowest BCUT2D eigenvalue weighted by Crippen LogP contribution is -2.55. The van der Waals surface area contributed by atoms with E-state index in [1.165, 1.54) is 6.42 Å². The summed E-state index contributed by atoms with van der Waals surface area (Å²) in [6.45, 7) is 3.76. The summed E-state index contributed by atoms with van der Waals surface area (Å²) in [6, 6.07) is 0.645. The number of rotatable bonds is 6. The molecular weight excluding hydrogens is 254 g/mol. The van der Waals surface area contributed by atoms with Crippen molar-refractivity contribution in [3.63, 3.8) is 0 Å². The van der Waals surface area contributed by atoms with Crippen LogP contribution in [0.15, 0.2) is 0 Å². The molecule has 2 fully saturated rings. The fourth-order valence-electron chi connectivity index (χ4n) is 3.62. The van der Waals surface area contributed by atoms with Crippen molar-refractivity contribution in [3.8, 4) is 0 Å². The van der Waals surface area contributed by atoms with Crippen LogP contribution in [0.4, 0.5) is 4.79 Å². The normalized spacial score (nSPS) is 29.8. The number of hydrogen-bond donors (Lipinski definition) is 0. The lowest BCUT2D eigenvalue weighted by molar-refractivity contribution is -0.117. The van der Waals surface area contributed by atoms with Crippen molar-refractivity contribution in [2.45, 2.75) is 89.8 Å². The van der Waals surface area contributed by atoms with Gasteiger partial charge in [-0.1, -0.05) is 13.3 Å². The maximum atomic E-state index is 12.3. The number of ether oxygens (including phenoxy) is 1. The summed E-state index contributed by atoms with van der Waals surface area (Å²) in [4.78, 5) is 25.3. The first-order valence-corrected chi connectivity index (χ1v) is 8.10. The number of piperidine rings is 1. The van der Waals surface area contributed by atoms with Gasteiger partial charge in [0.05, 0.1) is 0 Å². The fourth-order valence-corrected chi connectivity index (χ4v) is 3.62. The third-order valence-corrected chi connectivity index (χ3v) is 4.55. The van der Waals surface area contributed by atoms with Crippen LogP contribution in [0.5, 0.6) is 0 Å². The molecule has 1 amide bonds. The number of nitrogens with zero attached hydrogens (tertiary/aromatic N) is 1. The fraction of sp³-hybridized carbons (Fsp3) is 0.875. The van der Waals surface area contributed by atoms with Gasteiger partial charge in [-0.25, -0.2) is 4.79 Å². The Labute approximate surface area is 121 Å². The van der Waals surface area contributed by atoms with Crippen molar-refractivity contribution in [2.24, 2.45) is 0 Å². The predicted octanol–water partition coefficient (Wildman–Crippen LogP) is 3.68. The summed E-state index contributed by atoms with van der Waals surface area (Å²) in [5.74, 6) is 0.238. The van der Waals surface area contributed by atoms with Crippen molar-refractivity contribution < 1.29 is 14.3 Å². The van der Waals surface area contributed by atoms with Gasteiger partial charge in [0.1, 0.15) is 11.9 Å². The Hall–Kier alpha value is -1.06. The van der Waals surface area contributed by atoms with Crippen LogP contribution < -0.4 is 0 Å². The Bertz CT molecular complexity index is 356. The Balaban J connectivity index is 1.92. The summed E-state index contributed by atoms with van der Waals surface area (Å²) in [7, 11) is 0. The monoisotopic (exact) mass is 281 g/mol. The average molecular weight is 281 g/mol. The van der Waals surface area contributed by atoms with Gasteiger partial charge in [0.2, 0.25) is 0 Å². The van der Waals surface area contributed by atoms with Gasteiger partial charge in [-0.3, -0.25) is 0 Å². The molecule has 20 heavy (non-hydrogen) atoms. The molecule has 2 aliphatic rings. The number of carbonyl (C=O) groups excluding carboxylic acids is 2. The standard InChI is InChI=1S/C16H27NO3/c1-3-6-15-11-14-10-5-9-13(8-4-7-12(2)18)17(14)16(19)20-15/h13-15H,3-11H2,1-2H3/t13-,14+,15-/m1/s1. The summed E-state index contributed by atoms with van der Waals surface area (Å²) in [6.07, 6.45) is 8.83. The first-order valence-electron chi connectivity index (χ1n) is 8.10. The number of cyclic esters (lactones) is 1. The van der Waals surface area contributed by atoms with Crippen LogP contribution in [0.2, 0.25) is 0 Å². The van der Waals surface area contributed by atoms with Gasteiger partial charge in [-0.05, 0) is 45.4 Å². The number of Topliss-reactive ketones (excluding diaryl/α,β-unsaturated/α-hetero) is 1. The minimum absolute atomic E-state index is 0.115. The highest BCUT2D eigenvalue weighted by Crippen LogP contribution is 2.34. The molecule has 2 rings (SSSR count). The van der Waals surface area contributed by atoms with E-state index in [4.69, 9.17) is 4.74 Å². The summed E-state index contributed by atoms with van der Waals surface area (Å²) in [5.41, 5.74) is 0. The third-order valence-electron chi connectivity index (χ3n) is 4.55. The van der Waals surface area contributed by atoms with E-state index in [0.717, 1.165) is 44.9 Å². The molecule has 4 heteroatoms. The van der Waals surface area contributed by atoms with Crippen LogP contribution in [0, 0.1) is 0 Å². The molecule has 0 aliphatic carbocycles. The minimum atomic E-state index is -0.118. The molecule has 4 nitrogen and oxygen atoms in total. The molecule has 0 aromatic rings. The van der Waals surface area contributed by atoms with Crippen LogP contribution in [0.25, 0.3) is 0 Å². The van der Waals surface area contributed by atoms with E-state index in [2.05, 4.69) is 6.92 Å². The van der Waals surface area contributed by atoms with Gasteiger partial charge in [0.15, 0.2) is 0 Å². The van der Waals surface area contributed by atoms with Gasteiger partial charge < -0.3 is 14.4 Å². The highest BCUT2D eigenvalue weighted by molar-refractivity contribution is 5.75. The second kappa shape index (κ2) is 7.09. The van der Waals surface area contributed by atoms with E-state index in [0.29, 0.717) is 12.5 Å². The smallest absolute Gasteiger partial charge is 0.410 e. The van der Waals surface area contributed by atoms with Gasteiger partial charge >= 0.3 is 6.09 Å². The first-order chi connectivity index (χ1) is 9.61. The van der Waals surface area contributed by atoms with Crippen LogP contribution in [0.1, 0.15) is 71.6 Å². The molecule has 0 unspecified atom stereocenters. The van der Waals surface area contributed by atoms with E-state index < -0.39 is 0 Å². The Morgan fingerprint density at radius 1 is 1.35 bits per heavy atom. The van der Waals surface area contributed by atoms with E-state index >= 15 is 0 Å². The van der Waals surface area contributed by atoms with Crippen molar-refractivity contribution >= 4 is 11.9 Å². The van der Waals surface area contributed by atoms with Crippen LogP contribution in [-0.2, 0) is 9.53 Å². The molecule has 0 aromatic heterocycles. The molecular formula is C16H27NO3. The Kier molecular flexibility index (Phi) is 5.44. The maximum absolute atomic E-state index is 12.3. The van der Waals surface area contributed by atoms with Crippen molar-refractivity contribution in [2.75, 3.05) is 0 Å². The molecule has 2 heterocycles. The molecule has 0 bridgehead atoms. The summed E-state index contributed by atoms with van der Waals surface area (Å²) in [5, 5.41) is 0. The number of ketones is 1. The predicted molar refractivity (Wildman–Crippen MR) is 77.6 cm³/mol. The molecule has 2 aliphatic heterocycles. The zero-order chi connectivity index (χ0) is 14.5. The lowest BCUT2D eigenvalue weighted by atomic mass is 9.88. The highest BCUT2D eigenvalue weighted by atomic mass is 16.6. The van der Waals surface area contributed by atoms with Crippen molar-refractivity contribution in [1.29, 1.82) is 0 Å². The van der Waals surface area contributed by atoms with Crippen molar-refractivity contribution in [3.05, 3.63) is 0 Å². The van der Waals surface area contributed by atoms with Crippen molar-refractivity contribution in [1.82, 2.24) is 4.90 Å². The average Bonchev–Trinajstić information content (AvgIpc) is 2.38. The zero-order valence-corrected chi connectivity index (χ0v) is 12.8. The molecule has 0 aromatic carbocycles. The second-order valence-corrected chi connectivity index (χ2v) is 6.27. The van der Waals surface area contributed by atoms with Gasteiger partial charge in [0, 0.05) is 24.9 Å². The molecule has 0 radical (unpaired) electrons. The van der Waals surface area contributed by atoms with Gasteiger partial charge in [-0.15, -0.1) is 0 Å². The molecule has 0 N–H and O–H groups in total. The van der Waals surface area contributed by atoms with Crippen LogP contribution in [-0.4, -0.2) is 35.0 Å². The number of amides is 1. The first kappa shape index (κ1) is 15.3. The number of hydrogen-bond acceptors (Lipinski definition) is 3. The van der Waals surface area contributed by atoms with Crippen LogP contribution >= 0.6 is 0 Å². The second-order valence-electron chi connectivity index (χ2n) is 6.27. The highest BCUT2D eigenvalue weighted by Gasteiger charge is 2.40. The maximum Gasteiger partial charge on any atom is 0.410 e. The largest absolute Gasteiger partial charge is 0.446 e.